The van der Waals surface area contributed by atoms with Crippen LogP contribution in [0.3, 0.4) is 0 Å². The smallest absolute Gasteiger partial charge is 0.351 e. The van der Waals surface area contributed by atoms with Crippen molar-refractivity contribution in [3.63, 3.8) is 0 Å². The monoisotopic (exact) mass is 259 g/mol. The summed E-state index contributed by atoms with van der Waals surface area (Å²) >= 11 is 0. The minimum atomic E-state index is -1.23. The van der Waals surface area contributed by atoms with E-state index in [0.717, 1.165) is 4.57 Å². The van der Waals surface area contributed by atoms with Gasteiger partial charge in [-0.15, -0.1) is 0 Å². The molecular formula is C10H17N3O5. The van der Waals surface area contributed by atoms with Crippen LogP contribution in [0, 0.1) is 0 Å². The van der Waals surface area contributed by atoms with Gasteiger partial charge in [0.05, 0.1) is 6.61 Å². The fraction of sp³-hybridized carbons (Fsp3) is 0.600. The van der Waals surface area contributed by atoms with Gasteiger partial charge in [-0.1, -0.05) is 0 Å². The molecule has 0 aliphatic carbocycles. The second-order valence-corrected chi connectivity index (χ2v) is 3.62. The van der Waals surface area contributed by atoms with E-state index in [0.29, 0.717) is 0 Å². The highest BCUT2D eigenvalue weighted by Crippen LogP contribution is 2.15. The number of anilines is 1. The molecule has 0 spiro atoms. The van der Waals surface area contributed by atoms with Crippen molar-refractivity contribution in [2.75, 3.05) is 26.6 Å². The standard InChI is InChI=1S/C10H17N3O5/c1-17-6(5-14)8(15)9(18-2)13-4-3-7(11)12-10(13)16/h3-4,6,8-9,14-15H,5H2,1-2H3,(H2,11,12,16)/t6-,8-,9-/m1/s1. The molecule has 0 unspecified atom stereocenters. The van der Waals surface area contributed by atoms with Crippen molar-refractivity contribution < 1.29 is 19.7 Å². The lowest BCUT2D eigenvalue weighted by Crippen LogP contribution is -2.43. The molecule has 0 aliphatic heterocycles. The Balaban J connectivity index is 3.05. The van der Waals surface area contributed by atoms with Gasteiger partial charge in [-0.3, -0.25) is 4.57 Å². The van der Waals surface area contributed by atoms with Gasteiger partial charge in [-0.2, -0.15) is 4.98 Å². The molecule has 0 amide bonds. The van der Waals surface area contributed by atoms with E-state index in [1.807, 2.05) is 0 Å². The third-order valence-corrected chi connectivity index (χ3v) is 2.52. The average molecular weight is 259 g/mol. The zero-order valence-corrected chi connectivity index (χ0v) is 10.2. The number of aliphatic hydroxyl groups is 2. The molecule has 18 heavy (non-hydrogen) atoms. The first kappa shape index (κ1) is 14.6. The lowest BCUT2D eigenvalue weighted by atomic mass is 10.2. The molecule has 8 nitrogen and oxygen atoms in total. The highest BCUT2D eigenvalue weighted by Gasteiger charge is 2.29. The first-order valence-electron chi connectivity index (χ1n) is 5.24. The number of hydrogen-bond donors (Lipinski definition) is 3. The van der Waals surface area contributed by atoms with Crippen LogP contribution in [0.2, 0.25) is 0 Å². The number of aromatic nitrogens is 2. The molecule has 0 saturated heterocycles. The van der Waals surface area contributed by atoms with Crippen molar-refractivity contribution in [2.45, 2.75) is 18.4 Å². The van der Waals surface area contributed by atoms with Crippen LogP contribution in [0.25, 0.3) is 0 Å². The lowest BCUT2D eigenvalue weighted by molar-refractivity contribution is -0.131. The number of nitrogens with zero attached hydrogens (tertiary/aromatic N) is 2. The molecular weight excluding hydrogens is 242 g/mol. The summed E-state index contributed by atoms with van der Waals surface area (Å²) < 4.78 is 11.0. The van der Waals surface area contributed by atoms with Crippen LogP contribution >= 0.6 is 0 Å². The summed E-state index contributed by atoms with van der Waals surface area (Å²) in [5.74, 6) is 0.0750. The quantitative estimate of drug-likeness (QED) is 0.559. The lowest BCUT2D eigenvalue weighted by Gasteiger charge is -2.27. The SMILES string of the molecule is CO[C@H]([C@H](O)[C@@H](CO)OC)n1ccc(N)nc1=O. The van der Waals surface area contributed by atoms with Crippen LogP contribution in [0.5, 0.6) is 0 Å². The van der Waals surface area contributed by atoms with E-state index in [4.69, 9.17) is 20.3 Å². The summed E-state index contributed by atoms with van der Waals surface area (Å²) in [5.41, 5.74) is 4.71. The molecule has 0 bridgehead atoms. The predicted octanol–water partition coefficient (Wildman–Crippen LogP) is -1.66. The van der Waals surface area contributed by atoms with E-state index in [9.17, 15) is 9.90 Å². The molecule has 1 heterocycles. The van der Waals surface area contributed by atoms with E-state index in [1.165, 1.54) is 26.5 Å². The molecule has 0 aromatic carbocycles. The van der Waals surface area contributed by atoms with Crippen molar-refractivity contribution in [2.24, 2.45) is 0 Å². The first-order chi connectivity index (χ1) is 8.54. The maximum Gasteiger partial charge on any atom is 0.351 e. The normalized spacial score (nSPS) is 16.2. The van der Waals surface area contributed by atoms with Gasteiger partial charge in [-0.05, 0) is 6.07 Å². The van der Waals surface area contributed by atoms with Crippen LogP contribution in [0.1, 0.15) is 6.23 Å². The van der Waals surface area contributed by atoms with Gasteiger partial charge >= 0.3 is 5.69 Å². The largest absolute Gasteiger partial charge is 0.394 e. The zero-order chi connectivity index (χ0) is 13.7. The summed E-state index contributed by atoms with van der Waals surface area (Å²) in [5, 5.41) is 19.0. The van der Waals surface area contributed by atoms with E-state index in [1.54, 1.807) is 0 Å². The molecule has 102 valence electrons. The van der Waals surface area contributed by atoms with Gasteiger partial charge < -0.3 is 25.4 Å². The van der Waals surface area contributed by atoms with E-state index >= 15 is 0 Å². The summed E-state index contributed by atoms with van der Waals surface area (Å²) in [6.45, 7) is -0.408. The van der Waals surface area contributed by atoms with Gasteiger partial charge in [0.25, 0.3) is 0 Å². The Morgan fingerprint density at radius 1 is 1.50 bits per heavy atom. The van der Waals surface area contributed by atoms with Crippen LogP contribution in [0.15, 0.2) is 17.1 Å². The topological polar surface area (TPSA) is 120 Å². The van der Waals surface area contributed by atoms with Gasteiger partial charge in [0.15, 0.2) is 6.23 Å². The van der Waals surface area contributed by atoms with Crippen molar-refractivity contribution in [3.8, 4) is 0 Å². The summed E-state index contributed by atoms with van der Waals surface area (Å²) in [4.78, 5) is 15.1. The Labute approximate surface area is 104 Å². The molecule has 1 rings (SSSR count). The van der Waals surface area contributed by atoms with Crippen molar-refractivity contribution in [1.82, 2.24) is 9.55 Å². The molecule has 4 N–H and O–H groups in total. The number of hydrogen-bond acceptors (Lipinski definition) is 7. The Bertz CT molecular complexity index is 432. The summed E-state index contributed by atoms with van der Waals surface area (Å²) in [6.07, 6.45) is -1.78. The van der Waals surface area contributed by atoms with Crippen LogP contribution in [-0.4, -0.2) is 52.8 Å². The number of methoxy groups -OCH3 is 2. The summed E-state index contributed by atoms with van der Waals surface area (Å²) in [6, 6.07) is 1.40. The Kier molecular flexibility index (Phi) is 5.23. The molecule has 0 radical (unpaired) electrons. The van der Waals surface area contributed by atoms with Crippen molar-refractivity contribution >= 4 is 5.82 Å². The third-order valence-electron chi connectivity index (χ3n) is 2.52. The Hall–Kier alpha value is -1.48. The predicted molar refractivity (Wildman–Crippen MR) is 62.8 cm³/mol. The van der Waals surface area contributed by atoms with E-state index in [-0.39, 0.29) is 5.82 Å². The minimum absolute atomic E-state index is 0.0750. The Morgan fingerprint density at radius 3 is 2.61 bits per heavy atom. The van der Waals surface area contributed by atoms with Crippen LogP contribution < -0.4 is 11.4 Å². The minimum Gasteiger partial charge on any atom is -0.394 e. The van der Waals surface area contributed by atoms with Gasteiger partial charge in [-0.25, -0.2) is 4.79 Å². The van der Waals surface area contributed by atoms with Crippen LogP contribution in [-0.2, 0) is 9.47 Å². The van der Waals surface area contributed by atoms with E-state index < -0.39 is 30.7 Å². The maximum absolute atomic E-state index is 11.6. The van der Waals surface area contributed by atoms with Crippen molar-refractivity contribution in [3.05, 3.63) is 22.7 Å². The maximum atomic E-state index is 11.6. The molecule has 1 aromatic heterocycles. The number of nitrogen functional groups attached to an aromatic ring is 1. The third kappa shape index (κ3) is 3.05. The second-order valence-electron chi connectivity index (χ2n) is 3.62. The Morgan fingerprint density at radius 2 is 2.17 bits per heavy atom. The molecule has 1 aromatic rings. The highest BCUT2D eigenvalue weighted by atomic mass is 16.5. The van der Waals surface area contributed by atoms with Crippen molar-refractivity contribution in [1.29, 1.82) is 0 Å². The number of aliphatic hydroxyl groups excluding tert-OH is 2. The number of rotatable bonds is 6. The first-order valence-corrected chi connectivity index (χ1v) is 5.24. The molecule has 3 atom stereocenters. The molecule has 0 saturated carbocycles. The van der Waals surface area contributed by atoms with Gasteiger partial charge in [0, 0.05) is 20.4 Å². The van der Waals surface area contributed by atoms with Crippen LogP contribution in [0.4, 0.5) is 5.82 Å². The molecule has 0 fully saturated rings. The fourth-order valence-electron chi connectivity index (χ4n) is 1.54. The average Bonchev–Trinajstić information content (AvgIpc) is 2.34. The van der Waals surface area contributed by atoms with Gasteiger partial charge in [0.1, 0.15) is 18.0 Å². The number of ether oxygens (including phenoxy) is 2. The van der Waals surface area contributed by atoms with E-state index in [2.05, 4.69) is 4.98 Å². The second kappa shape index (κ2) is 6.45. The molecule has 0 aliphatic rings. The summed E-state index contributed by atoms with van der Waals surface area (Å²) in [7, 11) is 2.65. The zero-order valence-electron chi connectivity index (χ0n) is 10.2. The van der Waals surface area contributed by atoms with Gasteiger partial charge in [0.2, 0.25) is 0 Å². The highest BCUT2D eigenvalue weighted by molar-refractivity contribution is 5.23. The fourth-order valence-corrected chi connectivity index (χ4v) is 1.54. The number of nitrogens with two attached hydrogens (primary N) is 1. The molecule has 8 heteroatoms.